The molecule has 16 heavy (non-hydrogen) atoms. The third-order valence-electron chi connectivity index (χ3n) is 2.87. The predicted molar refractivity (Wildman–Crippen MR) is 53.7 cm³/mol. The quantitative estimate of drug-likeness (QED) is 0.809. The minimum Gasteiger partial charge on any atom is -0.332 e. The van der Waals surface area contributed by atoms with Gasteiger partial charge in [0.1, 0.15) is 0 Å². The van der Waals surface area contributed by atoms with Crippen molar-refractivity contribution in [3.8, 4) is 0 Å². The number of amides is 1. The number of halogens is 3. The van der Waals surface area contributed by atoms with Crippen LogP contribution in [0, 0.1) is 0 Å². The Hall–Kier alpha value is -0.780. The van der Waals surface area contributed by atoms with Gasteiger partial charge in [0.05, 0.1) is 0 Å². The first-order valence-corrected chi connectivity index (χ1v) is 5.54. The zero-order valence-electron chi connectivity index (χ0n) is 9.09. The highest BCUT2D eigenvalue weighted by molar-refractivity contribution is 5.82. The standard InChI is InChI=1S/C10H17F3N2O/c11-10(12,13)9(16)15(7-3-6-14)8-4-1-2-5-8/h8H,1-7,14H2. The van der Waals surface area contributed by atoms with E-state index in [0.717, 1.165) is 17.7 Å². The molecule has 6 heteroatoms. The third-order valence-corrected chi connectivity index (χ3v) is 2.87. The molecule has 0 aromatic carbocycles. The van der Waals surface area contributed by atoms with E-state index >= 15 is 0 Å². The first-order valence-electron chi connectivity index (χ1n) is 5.54. The van der Waals surface area contributed by atoms with E-state index in [-0.39, 0.29) is 12.6 Å². The molecule has 1 saturated carbocycles. The Kier molecular flexibility index (Phi) is 4.58. The number of hydrogen-bond acceptors (Lipinski definition) is 2. The molecular formula is C10H17F3N2O. The topological polar surface area (TPSA) is 46.3 Å². The summed E-state index contributed by atoms with van der Waals surface area (Å²) < 4.78 is 37.1. The lowest BCUT2D eigenvalue weighted by atomic mass is 10.2. The van der Waals surface area contributed by atoms with Gasteiger partial charge in [-0.1, -0.05) is 12.8 Å². The molecule has 1 rings (SSSR count). The first kappa shape index (κ1) is 13.3. The van der Waals surface area contributed by atoms with Gasteiger partial charge in [-0.2, -0.15) is 13.2 Å². The fourth-order valence-electron chi connectivity index (χ4n) is 2.09. The molecular weight excluding hydrogens is 221 g/mol. The molecule has 3 nitrogen and oxygen atoms in total. The van der Waals surface area contributed by atoms with Crippen LogP contribution in [-0.2, 0) is 4.79 Å². The number of rotatable bonds is 4. The molecule has 0 atom stereocenters. The van der Waals surface area contributed by atoms with Crippen LogP contribution in [0.25, 0.3) is 0 Å². The average Bonchev–Trinajstić information content (AvgIpc) is 2.70. The van der Waals surface area contributed by atoms with Crippen LogP contribution in [0.5, 0.6) is 0 Å². The maximum absolute atomic E-state index is 12.4. The largest absolute Gasteiger partial charge is 0.471 e. The summed E-state index contributed by atoms with van der Waals surface area (Å²) in [6, 6.07) is -0.249. The monoisotopic (exact) mass is 238 g/mol. The normalized spacial score (nSPS) is 17.8. The Morgan fingerprint density at radius 2 is 1.88 bits per heavy atom. The second-order valence-electron chi connectivity index (χ2n) is 4.08. The maximum atomic E-state index is 12.4. The van der Waals surface area contributed by atoms with E-state index in [1.165, 1.54) is 0 Å². The summed E-state index contributed by atoms with van der Waals surface area (Å²) in [5.41, 5.74) is 5.27. The van der Waals surface area contributed by atoms with Gasteiger partial charge in [-0.3, -0.25) is 4.79 Å². The number of hydrogen-bond donors (Lipinski definition) is 1. The number of alkyl halides is 3. The molecule has 0 aromatic heterocycles. The fourth-order valence-corrected chi connectivity index (χ4v) is 2.09. The van der Waals surface area contributed by atoms with E-state index in [0.29, 0.717) is 25.8 Å². The van der Waals surface area contributed by atoms with Crippen molar-refractivity contribution in [2.45, 2.75) is 44.3 Å². The summed E-state index contributed by atoms with van der Waals surface area (Å²) in [4.78, 5) is 12.2. The zero-order valence-corrected chi connectivity index (χ0v) is 9.09. The van der Waals surface area contributed by atoms with Crippen LogP contribution < -0.4 is 5.73 Å². The van der Waals surface area contributed by atoms with E-state index in [2.05, 4.69) is 0 Å². The van der Waals surface area contributed by atoms with Crippen LogP contribution in [0.3, 0.4) is 0 Å². The van der Waals surface area contributed by atoms with Gasteiger partial charge in [-0.25, -0.2) is 0 Å². The molecule has 0 heterocycles. The molecule has 0 aliphatic heterocycles. The molecule has 0 radical (unpaired) electrons. The Morgan fingerprint density at radius 1 is 1.31 bits per heavy atom. The SMILES string of the molecule is NCCCN(C(=O)C(F)(F)F)C1CCCC1. The van der Waals surface area contributed by atoms with Crippen LogP contribution >= 0.6 is 0 Å². The molecule has 1 amide bonds. The van der Waals surface area contributed by atoms with Gasteiger partial charge >= 0.3 is 12.1 Å². The first-order chi connectivity index (χ1) is 7.46. The van der Waals surface area contributed by atoms with Gasteiger partial charge in [-0.15, -0.1) is 0 Å². The molecule has 0 spiro atoms. The number of nitrogens with zero attached hydrogens (tertiary/aromatic N) is 1. The highest BCUT2D eigenvalue weighted by Crippen LogP contribution is 2.28. The highest BCUT2D eigenvalue weighted by atomic mass is 19.4. The van der Waals surface area contributed by atoms with Crippen molar-refractivity contribution in [1.29, 1.82) is 0 Å². The van der Waals surface area contributed by atoms with Crippen molar-refractivity contribution in [1.82, 2.24) is 4.90 Å². The summed E-state index contributed by atoms with van der Waals surface area (Å²) in [7, 11) is 0. The van der Waals surface area contributed by atoms with Crippen LogP contribution in [0.2, 0.25) is 0 Å². The summed E-state index contributed by atoms with van der Waals surface area (Å²) in [5, 5.41) is 0. The van der Waals surface area contributed by atoms with Crippen LogP contribution in [0.4, 0.5) is 13.2 Å². The molecule has 2 N–H and O–H groups in total. The summed E-state index contributed by atoms with van der Waals surface area (Å²) in [6.07, 6.45) is -1.21. The predicted octanol–water partition coefficient (Wildman–Crippen LogP) is 1.67. The van der Waals surface area contributed by atoms with E-state index in [9.17, 15) is 18.0 Å². The van der Waals surface area contributed by atoms with Crippen molar-refractivity contribution in [3.63, 3.8) is 0 Å². The number of nitrogens with two attached hydrogens (primary N) is 1. The van der Waals surface area contributed by atoms with Gasteiger partial charge < -0.3 is 10.6 Å². The van der Waals surface area contributed by atoms with Crippen molar-refractivity contribution in [3.05, 3.63) is 0 Å². The van der Waals surface area contributed by atoms with Gasteiger partial charge in [0.25, 0.3) is 0 Å². The fraction of sp³-hybridized carbons (Fsp3) is 0.900. The highest BCUT2D eigenvalue weighted by Gasteiger charge is 2.44. The summed E-state index contributed by atoms with van der Waals surface area (Å²) >= 11 is 0. The second kappa shape index (κ2) is 5.52. The molecule has 0 saturated heterocycles. The van der Waals surface area contributed by atoms with Gasteiger partial charge in [0.15, 0.2) is 0 Å². The number of carbonyl (C=O) groups is 1. The van der Waals surface area contributed by atoms with Crippen LogP contribution in [-0.4, -0.2) is 36.1 Å². The van der Waals surface area contributed by atoms with Crippen molar-refractivity contribution in [2.24, 2.45) is 5.73 Å². The average molecular weight is 238 g/mol. The molecule has 1 fully saturated rings. The van der Waals surface area contributed by atoms with Crippen molar-refractivity contribution in [2.75, 3.05) is 13.1 Å². The van der Waals surface area contributed by atoms with Gasteiger partial charge in [0.2, 0.25) is 0 Å². The Balaban J connectivity index is 2.65. The second-order valence-corrected chi connectivity index (χ2v) is 4.08. The smallest absolute Gasteiger partial charge is 0.332 e. The van der Waals surface area contributed by atoms with Gasteiger partial charge in [0, 0.05) is 12.6 Å². The molecule has 0 unspecified atom stereocenters. The minimum atomic E-state index is -4.77. The summed E-state index contributed by atoms with van der Waals surface area (Å²) in [6.45, 7) is 0.411. The summed E-state index contributed by atoms with van der Waals surface area (Å²) in [5.74, 6) is -1.71. The lowest BCUT2D eigenvalue weighted by Crippen LogP contribution is -2.47. The van der Waals surface area contributed by atoms with E-state index in [4.69, 9.17) is 5.73 Å². The minimum absolute atomic E-state index is 0.111. The van der Waals surface area contributed by atoms with Crippen LogP contribution in [0.15, 0.2) is 0 Å². The Morgan fingerprint density at radius 3 is 2.31 bits per heavy atom. The molecule has 1 aliphatic rings. The lowest BCUT2D eigenvalue weighted by molar-refractivity contribution is -0.187. The Bertz CT molecular complexity index is 237. The number of carbonyl (C=O) groups excluding carboxylic acids is 1. The van der Waals surface area contributed by atoms with Crippen molar-refractivity contribution >= 4 is 5.91 Å². The lowest BCUT2D eigenvalue weighted by Gasteiger charge is -2.29. The molecule has 0 bridgehead atoms. The Labute approximate surface area is 92.8 Å². The van der Waals surface area contributed by atoms with E-state index in [1.54, 1.807) is 0 Å². The zero-order chi connectivity index (χ0) is 12.2. The van der Waals surface area contributed by atoms with Crippen molar-refractivity contribution < 1.29 is 18.0 Å². The van der Waals surface area contributed by atoms with Gasteiger partial charge in [-0.05, 0) is 25.8 Å². The van der Waals surface area contributed by atoms with Crippen LogP contribution in [0.1, 0.15) is 32.1 Å². The van der Waals surface area contributed by atoms with E-state index in [1.807, 2.05) is 0 Å². The maximum Gasteiger partial charge on any atom is 0.471 e. The molecule has 1 aliphatic carbocycles. The molecule has 0 aromatic rings. The third kappa shape index (κ3) is 3.37. The van der Waals surface area contributed by atoms with E-state index < -0.39 is 12.1 Å². The molecule has 94 valence electrons.